The van der Waals surface area contributed by atoms with Crippen LogP contribution < -0.4 is 21.3 Å². The Bertz CT molecular complexity index is 1800. The summed E-state index contributed by atoms with van der Waals surface area (Å²) in [6.07, 6.45) is 0.893. The number of halogens is 1. The topological polar surface area (TPSA) is 123 Å². The number of amides is 2. The average molecular weight is 743 g/mol. The van der Waals surface area contributed by atoms with Crippen LogP contribution in [-0.2, 0) is 22.6 Å². The lowest BCUT2D eigenvalue weighted by Gasteiger charge is -2.62. The van der Waals surface area contributed by atoms with Crippen molar-refractivity contribution in [1.29, 1.82) is 0 Å². The van der Waals surface area contributed by atoms with Gasteiger partial charge in [-0.25, -0.2) is 4.39 Å². The van der Waals surface area contributed by atoms with Gasteiger partial charge in [0.15, 0.2) is 0 Å². The molecule has 9 atom stereocenters. The van der Waals surface area contributed by atoms with Crippen LogP contribution >= 0.6 is 0 Å². The molecular formula is C43H59FN6O4. The molecule has 5 N–H and O–H groups in total. The van der Waals surface area contributed by atoms with Crippen molar-refractivity contribution >= 4 is 17.5 Å². The van der Waals surface area contributed by atoms with Crippen LogP contribution in [0.5, 0.6) is 0 Å². The third-order valence-corrected chi connectivity index (χ3v) is 12.5. The van der Waals surface area contributed by atoms with E-state index in [1.165, 1.54) is 17.6 Å². The first kappa shape index (κ1) is 39.8. The predicted molar refractivity (Wildman–Crippen MR) is 211 cm³/mol. The second-order valence-electron chi connectivity index (χ2n) is 17.1. The number of anilines is 1. The normalized spacial score (nSPS) is 27.2. The quantitative estimate of drug-likeness (QED) is 0.192. The summed E-state index contributed by atoms with van der Waals surface area (Å²) >= 11 is 0. The minimum Gasteiger partial charge on any atom is -0.393 e. The van der Waals surface area contributed by atoms with E-state index in [9.17, 15) is 14.7 Å². The Morgan fingerprint density at radius 2 is 1.76 bits per heavy atom. The Balaban J connectivity index is 1.24. The van der Waals surface area contributed by atoms with Gasteiger partial charge in [0, 0.05) is 49.5 Å². The molecular weight excluding hydrogens is 684 g/mol. The van der Waals surface area contributed by atoms with Crippen molar-refractivity contribution in [2.75, 3.05) is 39.6 Å². The number of hydroxylamine groups is 2. The number of carbonyl (C=O) groups excluding carboxylic acids is 2. The summed E-state index contributed by atoms with van der Waals surface area (Å²) in [4.78, 5) is 38.0. The molecule has 1 heterocycles. The van der Waals surface area contributed by atoms with Crippen LogP contribution in [0, 0.1) is 34.9 Å². The first-order chi connectivity index (χ1) is 25.5. The van der Waals surface area contributed by atoms with E-state index in [2.05, 4.69) is 48.4 Å². The van der Waals surface area contributed by atoms with Crippen molar-refractivity contribution in [3.63, 3.8) is 0 Å². The maximum Gasteiger partial charge on any atom is 0.251 e. The Morgan fingerprint density at radius 3 is 2.39 bits per heavy atom. The highest BCUT2D eigenvalue weighted by atomic mass is 19.1. The largest absolute Gasteiger partial charge is 0.393 e. The zero-order valence-corrected chi connectivity index (χ0v) is 33.1. The summed E-state index contributed by atoms with van der Waals surface area (Å²) in [6, 6.07) is 19.5. The lowest BCUT2D eigenvalue weighted by molar-refractivity contribution is -0.176. The Kier molecular flexibility index (Phi) is 11.9. The standard InChI is InChI=1S/C43H59FN6O4/c1-25-35-21-32(43(35,3)4)22-37(25)47-42(53)39-38(26(2)51)40(45)54-50(39)23-31-17-28(14-15-36(31)44)29-18-30(20-34(19-29)49(7)8)41(52)46-33(24-48(5)6)16-27-12-10-9-11-13-27/h9-15,17-20,25-26,32-33,35,37-40,51H,16,21-24,45H2,1-8H3,(H,46,52)(H,47,53)/t25-,26-,32+,33-,35-,37-,38-,39-,40?/m0/s1. The molecule has 1 saturated heterocycles. The molecule has 54 heavy (non-hydrogen) atoms. The van der Waals surface area contributed by atoms with Gasteiger partial charge in [-0.3, -0.25) is 14.4 Å². The van der Waals surface area contributed by atoms with Gasteiger partial charge in [0.1, 0.15) is 18.1 Å². The molecule has 1 unspecified atom stereocenters. The van der Waals surface area contributed by atoms with Crippen LogP contribution in [0.15, 0.2) is 66.7 Å². The summed E-state index contributed by atoms with van der Waals surface area (Å²) in [5, 5.41) is 18.8. The van der Waals surface area contributed by atoms with Crippen LogP contribution in [0.1, 0.15) is 62.0 Å². The van der Waals surface area contributed by atoms with Gasteiger partial charge >= 0.3 is 0 Å². The van der Waals surface area contributed by atoms with Crippen molar-refractivity contribution in [2.24, 2.45) is 34.8 Å². The van der Waals surface area contributed by atoms with Crippen molar-refractivity contribution < 1.29 is 23.9 Å². The van der Waals surface area contributed by atoms with E-state index in [0.717, 1.165) is 23.2 Å². The summed E-state index contributed by atoms with van der Waals surface area (Å²) in [5.41, 5.74) is 10.8. The van der Waals surface area contributed by atoms with Crippen molar-refractivity contribution in [3.8, 4) is 11.1 Å². The van der Waals surface area contributed by atoms with Crippen LogP contribution in [0.25, 0.3) is 11.1 Å². The second kappa shape index (κ2) is 16.1. The molecule has 11 heteroatoms. The third kappa shape index (κ3) is 8.35. The van der Waals surface area contributed by atoms with E-state index < -0.39 is 30.1 Å². The molecule has 3 aromatic carbocycles. The number of benzene rings is 3. The fourth-order valence-corrected chi connectivity index (χ4v) is 9.23. The van der Waals surface area contributed by atoms with Gasteiger partial charge in [-0.15, -0.1) is 0 Å². The number of hydrogen-bond acceptors (Lipinski definition) is 8. The molecule has 4 fully saturated rings. The van der Waals surface area contributed by atoms with Gasteiger partial charge in [0.05, 0.1) is 18.6 Å². The number of aliphatic hydroxyl groups is 1. The van der Waals surface area contributed by atoms with Gasteiger partial charge in [0.2, 0.25) is 5.91 Å². The molecule has 0 radical (unpaired) electrons. The summed E-state index contributed by atoms with van der Waals surface area (Å²) < 4.78 is 15.7. The number of aliphatic hydroxyl groups excluding tert-OH is 1. The zero-order valence-electron chi connectivity index (χ0n) is 33.1. The molecule has 0 spiro atoms. The number of carbonyl (C=O) groups is 2. The maximum atomic E-state index is 15.7. The van der Waals surface area contributed by atoms with Gasteiger partial charge < -0.3 is 31.3 Å². The van der Waals surface area contributed by atoms with Crippen LogP contribution in [0.3, 0.4) is 0 Å². The molecule has 10 nitrogen and oxygen atoms in total. The molecule has 3 saturated carbocycles. The summed E-state index contributed by atoms with van der Waals surface area (Å²) in [7, 11) is 7.80. The van der Waals surface area contributed by atoms with Crippen LogP contribution in [0.2, 0.25) is 0 Å². The first-order valence-corrected chi connectivity index (χ1v) is 19.3. The highest BCUT2D eigenvalue weighted by Crippen LogP contribution is 2.61. The molecule has 2 bridgehead atoms. The number of nitrogens with one attached hydrogen (secondary N) is 2. The molecule has 7 rings (SSSR count). The average Bonchev–Trinajstić information content (AvgIpc) is 3.45. The Hall–Kier alpha value is -3.87. The lowest BCUT2D eigenvalue weighted by Crippen LogP contribution is -2.62. The van der Waals surface area contributed by atoms with E-state index in [1.54, 1.807) is 19.1 Å². The fraction of sp³-hybridized carbons (Fsp3) is 0.535. The number of rotatable bonds is 13. The minimum atomic E-state index is -0.945. The van der Waals surface area contributed by atoms with Gasteiger partial charge in [-0.2, -0.15) is 5.06 Å². The summed E-state index contributed by atoms with van der Waals surface area (Å²) in [5.74, 6) is -0.241. The third-order valence-electron chi connectivity index (χ3n) is 12.5. The highest BCUT2D eigenvalue weighted by molar-refractivity contribution is 5.97. The molecule has 292 valence electrons. The Morgan fingerprint density at radius 1 is 1.04 bits per heavy atom. The molecule has 1 aliphatic heterocycles. The lowest BCUT2D eigenvalue weighted by atomic mass is 9.45. The maximum absolute atomic E-state index is 15.7. The van der Waals surface area contributed by atoms with E-state index in [1.807, 2.05) is 69.5 Å². The highest BCUT2D eigenvalue weighted by Gasteiger charge is 2.57. The fourth-order valence-electron chi connectivity index (χ4n) is 9.23. The number of hydrogen-bond donors (Lipinski definition) is 4. The molecule has 0 aromatic heterocycles. The number of nitrogens with two attached hydrogens (primary N) is 1. The van der Waals surface area contributed by atoms with E-state index in [4.69, 9.17) is 10.6 Å². The smallest absolute Gasteiger partial charge is 0.251 e. The van der Waals surface area contributed by atoms with Crippen molar-refractivity contribution in [1.82, 2.24) is 20.6 Å². The number of nitrogens with zero attached hydrogens (tertiary/aromatic N) is 3. The molecule has 2 amide bonds. The van der Waals surface area contributed by atoms with Crippen LogP contribution in [-0.4, -0.2) is 92.1 Å². The molecule has 4 aliphatic rings. The molecule has 3 aliphatic carbocycles. The number of fused-ring (bicyclic) bond motifs is 2. The SMILES string of the molecule is C[C@@H]1[C@@H](NC(=O)[C@@H]2[C@H]([C@H](C)O)C(N)ON2Cc2cc(-c3cc(C(=O)N[C@@H](Cc4ccccc4)CN(C)C)cc(N(C)C)c3)ccc2F)C[C@H]2C[C@@H]1C2(C)C. The minimum absolute atomic E-state index is 0.00883. The van der Waals surface area contributed by atoms with Crippen LogP contribution in [0.4, 0.5) is 10.1 Å². The zero-order chi connectivity index (χ0) is 39.1. The molecule has 3 aromatic rings. The second-order valence-corrected chi connectivity index (χ2v) is 17.1. The predicted octanol–water partition coefficient (Wildman–Crippen LogP) is 5.05. The van der Waals surface area contributed by atoms with Gasteiger partial charge in [-0.05, 0) is 110 Å². The van der Waals surface area contributed by atoms with Crippen molar-refractivity contribution in [3.05, 3.63) is 89.2 Å². The van der Waals surface area contributed by atoms with Gasteiger partial charge in [-0.1, -0.05) is 57.2 Å². The van der Waals surface area contributed by atoms with E-state index >= 15 is 4.39 Å². The van der Waals surface area contributed by atoms with Gasteiger partial charge in [0.25, 0.3) is 5.91 Å². The Labute approximate surface area is 320 Å². The summed E-state index contributed by atoms with van der Waals surface area (Å²) in [6.45, 7) is 9.05. The van der Waals surface area contributed by atoms with E-state index in [-0.39, 0.29) is 35.9 Å². The van der Waals surface area contributed by atoms with Crippen molar-refractivity contribution in [2.45, 2.75) is 84.0 Å². The van der Waals surface area contributed by atoms with E-state index in [0.29, 0.717) is 47.4 Å². The first-order valence-electron chi connectivity index (χ1n) is 19.3. The monoisotopic (exact) mass is 742 g/mol. The number of likely N-dealkylation sites (N-methyl/N-ethyl adjacent to an activating group) is 1.